The van der Waals surface area contributed by atoms with Gasteiger partial charge in [0, 0.05) is 11.6 Å². The van der Waals surface area contributed by atoms with E-state index < -0.39 is 0 Å². The van der Waals surface area contributed by atoms with E-state index in [1.165, 1.54) is 12.8 Å². The molecular formula is C15H20N4O. The lowest BCUT2D eigenvalue weighted by Crippen LogP contribution is -2.27. The molecule has 0 amide bonds. The zero-order chi connectivity index (χ0) is 13.9. The molecule has 0 aromatic carbocycles. The first kappa shape index (κ1) is 13.0. The highest BCUT2D eigenvalue weighted by atomic mass is 16.3. The van der Waals surface area contributed by atoms with Gasteiger partial charge in [0.1, 0.15) is 23.7 Å². The van der Waals surface area contributed by atoms with Crippen LogP contribution in [0.25, 0.3) is 0 Å². The van der Waals surface area contributed by atoms with Gasteiger partial charge in [0.05, 0.1) is 12.8 Å². The van der Waals surface area contributed by atoms with Crippen LogP contribution >= 0.6 is 0 Å². The standard InChI is InChI=1S/C15H20N4O/c1-2-4-13-14(16)17-10-18-15(13)19(11-6-7-11)9-12-5-3-8-20-12/h3,5,8,10-11H,2,4,6-7,9H2,1H3,(H2,16,17,18). The molecule has 0 aliphatic heterocycles. The molecular weight excluding hydrogens is 252 g/mol. The number of nitrogens with zero attached hydrogens (tertiary/aromatic N) is 3. The summed E-state index contributed by atoms with van der Waals surface area (Å²) in [6.07, 6.45) is 7.61. The van der Waals surface area contributed by atoms with Gasteiger partial charge in [-0.25, -0.2) is 9.97 Å². The third-order valence-corrected chi connectivity index (χ3v) is 3.62. The first-order valence-corrected chi connectivity index (χ1v) is 7.18. The lowest BCUT2D eigenvalue weighted by molar-refractivity contribution is 0.499. The topological polar surface area (TPSA) is 68.2 Å². The summed E-state index contributed by atoms with van der Waals surface area (Å²) in [6.45, 7) is 2.88. The third-order valence-electron chi connectivity index (χ3n) is 3.62. The Kier molecular flexibility index (Phi) is 3.58. The molecule has 1 fully saturated rings. The Morgan fingerprint density at radius 2 is 2.25 bits per heavy atom. The zero-order valence-corrected chi connectivity index (χ0v) is 11.7. The summed E-state index contributed by atoms with van der Waals surface area (Å²) in [4.78, 5) is 10.9. The van der Waals surface area contributed by atoms with Crippen LogP contribution in [-0.2, 0) is 13.0 Å². The summed E-state index contributed by atoms with van der Waals surface area (Å²) in [5.74, 6) is 2.52. The van der Waals surface area contributed by atoms with Gasteiger partial charge in [0.15, 0.2) is 0 Å². The molecule has 20 heavy (non-hydrogen) atoms. The summed E-state index contributed by atoms with van der Waals surface area (Å²) in [7, 11) is 0. The van der Waals surface area contributed by atoms with Crippen LogP contribution in [0.15, 0.2) is 29.1 Å². The Balaban J connectivity index is 1.93. The highest BCUT2D eigenvalue weighted by Crippen LogP contribution is 2.35. The van der Waals surface area contributed by atoms with Crippen molar-refractivity contribution < 1.29 is 4.42 Å². The zero-order valence-electron chi connectivity index (χ0n) is 11.7. The summed E-state index contributed by atoms with van der Waals surface area (Å²) >= 11 is 0. The molecule has 2 aromatic rings. The van der Waals surface area contributed by atoms with Gasteiger partial charge in [-0.3, -0.25) is 0 Å². The molecule has 2 aromatic heterocycles. The quantitative estimate of drug-likeness (QED) is 0.875. The van der Waals surface area contributed by atoms with Crippen LogP contribution < -0.4 is 10.6 Å². The minimum atomic E-state index is 0.546. The Morgan fingerprint density at radius 1 is 1.40 bits per heavy atom. The fourth-order valence-electron chi connectivity index (χ4n) is 2.49. The van der Waals surface area contributed by atoms with E-state index in [4.69, 9.17) is 10.2 Å². The monoisotopic (exact) mass is 272 g/mol. The molecule has 3 rings (SSSR count). The molecule has 0 bridgehead atoms. The van der Waals surface area contributed by atoms with Crippen LogP contribution in [0.3, 0.4) is 0 Å². The normalized spacial score (nSPS) is 14.4. The second-order valence-electron chi connectivity index (χ2n) is 5.25. The maximum absolute atomic E-state index is 6.04. The Bertz CT molecular complexity index is 563. The van der Waals surface area contributed by atoms with E-state index in [1.807, 2.05) is 12.1 Å². The van der Waals surface area contributed by atoms with Crippen molar-refractivity contribution in [2.24, 2.45) is 0 Å². The average Bonchev–Trinajstić information content (AvgIpc) is 3.16. The molecule has 1 aliphatic carbocycles. The molecule has 5 heteroatoms. The summed E-state index contributed by atoms with van der Waals surface area (Å²) in [5.41, 5.74) is 7.10. The fraction of sp³-hybridized carbons (Fsp3) is 0.467. The molecule has 0 spiro atoms. The first-order chi connectivity index (χ1) is 9.79. The van der Waals surface area contributed by atoms with E-state index >= 15 is 0 Å². The Labute approximate surface area is 118 Å². The third kappa shape index (κ3) is 2.61. The largest absolute Gasteiger partial charge is 0.467 e. The van der Waals surface area contributed by atoms with Crippen molar-refractivity contribution in [1.29, 1.82) is 0 Å². The van der Waals surface area contributed by atoms with Gasteiger partial charge in [-0.2, -0.15) is 0 Å². The van der Waals surface area contributed by atoms with Crippen LogP contribution in [0.4, 0.5) is 11.6 Å². The number of aromatic nitrogens is 2. The molecule has 1 saturated carbocycles. The fourth-order valence-corrected chi connectivity index (χ4v) is 2.49. The summed E-state index contributed by atoms with van der Waals surface area (Å²) in [5, 5.41) is 0. The number of nitrogens with two attached hydrogens (primary N) is 1. The molecule has 2 heterocycles. The van der Waals surface area contributed by atoms with Crippen molar-refractivity contribution in [3.05, 3.63) is 36.0 Å². The molecule has 0 radical (unpaired) electrons. The van der Waals surface area contributed by atoms with Gasteiger partial charge in [0.25, 0.3) is 0 Å². The van der Waals surface area contributed by atoms with Gasteiger partial charge in [-0.1, -0.05) is 13.3 Å². The van der Waals surface area contributed by atoms with Gasteiger partial charge < -0.3 is 15.1 Å². The maximum atomic E-state index is 6.04. The van der Waals surface area contributed by atoms with E-state index in [-0.39, 0.29) is 0 Å². The summed E-state index contributed by atoms with van der Waals surface area (Å²) in [6, 6.07) is 4.46. The molecule has 0 atom stereocenters. The van der Waals surface area contributed by atoms with Crippen LogP contribution in [0.5, 0.6) is 0 Å². The van der Waals surface area contributed by atoms with Crippen molar-refractivity contribution in [1.82, 2.24) is 9.97 Å². The Hall–Kier alpha value is -2.04. The van der Waals surface area contributed by atoms with E-state index in [0.29, 0.717) is 11.9 Å². The average molecular weight is 272 g/mol. The predicted octanol–water partition coefficient (Wildman–Crippen LogP) is 2.77. The highest BCUT2D eigenvalue weighted by Gasteiger charge is 2.32. The number of hydrogen-bond acceptors (Lipinski definition) is 5. The van der Waals surface area contributed by atoms with E-state index in [1.54, 1.807) is 12.6 Å². The molecule has 0 unspecified atom stereocenters. The predicted molar refractivity (Wildman–Crippen MR) is 78.4 cm³/mol. The Morgan fingerprint density at radius 3 is 2.90 bits per heavy atom. The van der Waals surface area contributed by atoms with Crippen LogP contribution in [-0.4, -0.2) is 16.0 Å². The number of furan rings is 1. The van der Waals surface area contributed by atoms with Crippen molar-refractivity contribution in [2.75, 3.05) is 10.6 Å². The SMILES string of the molecule is CCCc1c(N)ncnc1N(Cc1ccco1)C1CC1. The lowest BCUT2D eigenvalue weighted by atomic mass is 10.1. The van der Waals surface area contributed by atoms with Gasteiger partial charge in [-0.15, -0.1) is 0 Å². The highest BCUT2D eigenvalue weighted by molar-refractivity contribution is 5.57. The molecule has 1 aliphatic rings. The van der Waals surface area contributed by atoms with Crippen molar-refractivity contribution >= 4 is 11.6 Å². The van der Waals surface area contributed by atoms with Crippen molar-refractivity contribution in [2.45, 2.75) is 45.2 Å². The smallest absolute Gasteiger partial charge is 0.137 e. The van der Waals surface area contributed by atoms with Crippen LogP contribution in [0.1, 0.15) is 37.5 Å². The summed E-state index contributed by atoms with van der Waals surface area (Å²) < 4.78 is 5.48. The van der Waals surface area contributed by atoms with Crippen LogP contribution in [0.2, 0.25) is 0 Å². The second kappa shape index (κ2) is 5.53. The second-order valence-corrected chi connectivity index (χ2v) is 5.25. The molecule has 5 nitrogen and oxygen atoms in total. The van der Waals surface area contributed by atoms with Crippen molar-refractivity contribution in [3.63, 3.8) is 0 Å². The minimum absolute atomic E-state index is 0.546. The maximum Gasteiger partial charge on any atom is 0.137 e. The number of hydrogen-bond donors (Lipinski definition) is 1. The van der Waals surface area contributed by atoms with Gasteiger partial charge >= 0.3 is 0 Å². The molecule has 106 valence electrons. The number of anilines is 2. The number of nitrogen functional groups attached to an aromatic ring is 1. The van der Waals surface area contributed by atoms with E-state index in [9.17, 15) is 0 Å². The van der Waals surface area contributed by atoms with Gasteiger partial charge in [0.2, 0.25) is 0 Å². The first-order valence-electron chi connectivity index (χ1n) is 7.18. The molecule has 2 N–H and O–H groups in total. The molecule has 0 saturated heterocycles. The lowest BCUT2D eigenvalue weighted by Gasteiger charge is -2.25. The van der Waals surface area contributed by atoms with E-state index in [0.717, 1.165) is 36.5 Å². The van der Waals surface area contributed by atoms with Crippen molar-refractivity contribution in [3.8, 4) is 0 Å². The van der Waals surface area contributed by atoms with Crippen LogP contribution in [0, 0.1) is 0 Å². The van der Waals surface area contributed by atoms with E-state index in [2.05, 4.69) is 21.8 Å². The van der Waals surface area contributed by atoms with Gasteiger partial charge in [-0.05, 0) is 31.4 Å². The number of rotatable bonds is 6. The minimum Gasteiger partial charge on any atom is -0.467 e.